The average Bonchev–Trinajstić information content (AvgIpc) is 2.95. The molecule has 0 saturated heterocycles. The molecular formula is C10H14N4O3. The highest BCUT2D eigenvalue weighted by atomic mass is 16.5. The van der Waals surface area contributed by atoms with E-state index < -0.39 is 0 Å². The molecule has 0 aliphatic heterocycles. The molecule has 0 aliphatic rings. The second kappa shape index (κ2) is 5.55. The van der Waals surface area contributed by atoms with Crippen molar-refractivity contribution in [3.05, 3.63) is 17.7 Å². The number of nitrogens with one attached hydrogen (secondary N) is 1. The first-order valence-corrected chi connectivity index (χ1v) is 5.25. The van der Waals surface area contributed by atoms with Gasteiger partial charge in [-0.15, -0.1) is 0 Å². The number of hydrogen-bond donors (Lipinski definition) is 1. The monoisotopic (exact) mass is 238 g/mol. The minimum atomic E-state index is 0.363. The third-order valence-electron chi connectivity index (χ3n) is 2.13. The SMILES string of the molecule is CNCCc1noc(-c2cc(COC)on2)n1. The fraction of sp³-hybridized carbons (Fsp3) is 0.500. The van der Waals surface area contributed by atoms with Crippen molar-refractivity contribution in [2.24, 2.45) is 0 Å². The number of likely N-dealkylation sites (N-methyl/N-ethyl adjacent to an activating group) is 1. The quantitative estimate of drug-likeness (QED) is 0.789. The lowest BCUT2D eigenvalue weighted by Crippen LogP contribution is -2.10. The van der Waals surface area contributed by atoms with E-state index in [1.54, 1.807) is 13.2 Å². The molecule has 2 aromatic rings. The van der Waals surface area contributed by atoms with Gasteiger partial charge >= 0.3 is 0 Å². The molecule has 2 rings (SSSR count). The standard InChI is InChI=1S/C10H14N4O3/c1-11-4-3-9-12-10(17-14-9)8-5-7(6-15-2)16-13-8/h5,11H,3-4,6H2,1-2H3. The Balaban J connectivity index is 2.07. The molecule has 7 heteroatoms. The molecule has 0 atom stereocenters. The average molecular weight is 238 g/mol. The second-order valence-electron chi connectivity index (χ2n) is 3.48. The molecule has 0 aromatic carbocycles. The van der Waals surface area contributed by atoms with Gasteiger partial charge < -0.3 is 19.1 Å². The van der Waals surface area contributed by atoms with Crippen molar-refractivity contribution >= 4 is 0 Å². The van der Waals surface area contributed by atoms with E-state index in [2.05, 4.69) is 20.6 Å². The lowest BCUT2D eigenvalue weighted by Gasteiger charge is -1.90. The maximum atomic E-state index is 5.09. The van der Waals surface area contributed by atoms with Crippen molar-refractivity contribution in [1.29, 1.82) is 0 Å². The highest BCUT2D eigenvalue weighted by molar-refractivity contribution is 5.45. The smallest absolute Gasteiger partial charge is 0.280 e. The summed E-state index contributed by atoms with van der Waals surface area (Å²) < 4.78 is 15.0. The number of hydrogen-bond acceptors (Lipinski definition) is 7. The topological polar surface area (TPSA) is 86.2 Å². The van der Waals surface area contributed by atoms with Gasteiger partial charge in [0.15, 0.2) is 17.3 Å². The Morgan fingerprint density at radius 1 is 1.35 bits per heavy atom. The van der Waals surface area contributed by atoms with E-state index in [0.29, 0.717) is 36.2 Å². The fourth-order valence-electron chi connectivity index (χ4n) is 1.32. The van der Waals surface area contributed by atoms with Crippen LogP contribution in [0, 0.1) is 0 Å². The van der Waals surface area contributed by atoms with Gasteiger partial charge in [-0.05, 0) is 7.05 Å². The van der Waals surface area contributed by atoms with Crippen molar-refractivity contribution in [3.8, 4) is 11.6 Å². The van der Waals surface area contributed by atoms with E-state index >= 15 is 0 Å². The summed E-state index contributed by atoms with van der Waals surface area (Å²) in [5.74, 6) is 1.63. The fourth-order valence-corrected chi connectivity index (χ4v) is 1.32. The van der Waals surface area contributed by atoms with Gasteiger partial charge in [-0.1, -0.05) is 10.3 Å². The van der Waals surface area contributed by atoms with Crippen molar-refractivity contribution in [2.75, 3.05) is 20.7 Å². The van der Waals surface area contributed by atoms with Crippen LogP contribution in [0.3, 0.4) is 0 Å². The normalized spacial score (nSPS) is 10.9. The number of ether oxygens (including phenoxy) is 1. The highest BCUT2D eigenvalue weighted by Crippen LogP contribution is 2.17. The Hall–Kier alpha value is -1.73. The summed E-state index contributed by atoms with van der Waals surface area (Å²) >= 11 is 0. The Morgan fingerprint density at radius 3 is 3.00 bits per heavy atom. The van der Waals surface area contributed by atoms with Crippen LogP contribution in [0.4, 0.5) is 0 Å². The van der Waals surface area contributed by atoms with Crippen LogP contribution in [0.15, 0.2) is 15.1 Å². The highest BCUT2D eigenvalue weighted by Gasteiger charge is 2.13. The van der Waals surface area contributed by atoms with Gasteiger partial charge in [0.2, 0.25) is 0 Å². The van der Waals surface area contributed by atoms with Crippen LogP contribution in [0.1, 0.15) is 11.6 Å². The summed E-state index contributed by atoms with van der Waals surface area (Å²) in [6, 6.07) is 1.72. The lowest BCUT2D eigenvalue weighted by molar-refractivity contribution is 0.156. The lowest BCUT2D eigenvalue weighted by atomic mass is 10.3. The molecule has 0 spiro atoms. The van der Waals surface area contributed by atoms with E-state index in [1.165, 1.54) is 0 Å². The van der Waals surface area contributed by atoms with Crippen LogP contribution in [0.25, 0.3) is 11.6 Å². The first-order chi connectivity index (χ1) is 8.33. The van der Waals surface area contributed by atoms with Crippen molar-refractivity contribution in [1.82, 2.24) is 20.6 Å². The van der Waals surface area contributed by atoms with Gasteiger partial charge in [-0.3, -0.25) is 0 Å². The molecule has 0 unspecified atom stereocenters. The Labute approximate surface area is 98.1 Å². The molecule has 0 bridgehead atoms. The number of nitrogens with zero attached hydrogens (tertiary/aromatic N) is 3. The van der Waals surface area contributed by atoms with Crippen molar-refractivity contribution in [2.45, 2.75) is 13.0 Å². The summed E-state index contributed by atoms with van der Waals surface area (Å²) in [5.41, 5.74) is 0.528. The van der Waals surface area contributed by atoms with Gasteiger partial charge in [0.05, 0.1) is 0 Å². The van der Waals surface area contributed by atoms with Crippen molar-refractivity contribution in [3.63, 3.8) is 0 Å². The largest absolute Gasteiger partial charge is 0.377 e. The summed E-state index contributed by atoms with van der Waals surface area (Å²) in [5, 5.41) is 10.7. The third kappa shape index (κ3) is 2.89. The molecule has 92 valence electrons. The van der Waals surface area contributed by atoms with E-state index in [0.717, 1.165) is 6.54 Å². The molecular weight excluding hydrogens is 224 g/mol. The van der Waals surface area contributed by atoms with Crippen LogP contribution < -0.4 is 5.32 Å². The maximum Gasteiger partial charge on any atom is 0.280 e. The molecule has 0 radical (unpaired) electrons. The van der Waals surface area contributed by atoms with Crippen LogP contribution in [-0.2, 0) is 17.8 Å². The third-order valence-corrected chi connectivity index (χ3v) is 2.13. The molecule has 2 heterocycles. The van der Waals surface area contributed by atoms with Crippen LogP contribution in [-0.4, -0.2) is 36.0 Å². The maximum absolute atomic E-state index is 5.09. The molecule has 0 fully saturated rings. The molecule has 0 saturated carbocycles. The van der Waals surface area contributed by atoms with E-state index in [4.69, 9.17) is 13.8 Å². The zero-order chi connectivity index (χ0) is 12.1. The zero-order valence-corrected chi connectivity index (χ0v) is 9.77. The molecule has 2 aromatic heterocycles. The first kappa shape index (κ1) is 11.7. The van der Waals surface area contributed by atoms with Gasteiger partial charge in [0, 0.05) is 26.1 Å². The van der Waals surface area contributed by atoms with Crippen LogP contribution in [0.2, 0.25) is 0 Å². The summed E-state index contributed by atoms with van der Waals surface area (Å²) in [6.07, 6.45) is 0.711. The summed E-state index contributed by atoms with van der Waals surface area (Å²) in [4.78, 5) is 4.21. The first-order valence-electron chi connectivity index (χ1n) is 5.25. The van der Waals surface area contributed by atoms with Gasteiger partial charge in [0.25, 0.3) is 5.89 Å². The predicted octanol–water partition coefficient (Wildman–Crippen LogP) is 0.633. The van der Waals surface area contributed by atoms with E-state index in [9.17, 15) is 0 Å². The number of rotatable bonds is 6. The number of aromatic nitrogens is 3. The summed E-state index contributed by atoms with van der Waals surface area (Å²) in [6.45, 7) is 1.17. The van der Waals surface area contributed by atoms with Crippen LogP contribution in [0.5, 0.6) is 0 Å². The van der Waals surface area contributed by atoms with Crippen LogP contribution >= 0.6 is 0 Å². The minimum Gasteiger partial charge on any atom is -0.377 e. The van der Waals surface area contributed by atoms with Crippen molar-refractivity contribution < 1.29 is 13.8 Å². The van der Waals surface area contributed by atoms with Gasteiger partial charge in [0.1, 0.15) is 6.61 Å². The zero-order valence-electron chi connectivity index (χ0n) is 9.77. The summed E-state index contributed by atoms with van der Waals surface area (Å²) in [7, 11) is 3.46. The second-order valence-corrected chi connectivity index (χ2v) is 3.48. The number of methoxy groups -OCH3 is 1. The molecule has 0 amide bonds. The molecule has 0 aliphatic carbocycles. The Bertz CT molecular complexity index is 466. The van der Waals surface area contributed by atoms with Gasteiger partial charge in [-0.25, -0.2) is 0 Å². The molecule has 1 N–H and O–H groups in total. The minimum absolute atomic E-state index is 0.363. The Morgan fingerprint density at radius 2 is 2.24 bits per heavy atom. The predicted molar refractivity (Wildman–Crippen MR) is 58.1 cm³/mol. The van der Waals surface area contributed by atoms with Gasteiger partial charge in [-0.2, -0.15) is 4.98 Å². The molecule has 17 heavy (non-hydrogen) atoms. The molecule has 7 nitrogen and oxygen atoms in total. The van der Waals surface area contributed by atoms with E-state index in [1.807, 2.05) is 7.05 Å². The Kier molecular flexibility index (Phi) is 3.84. The van der Waals surface area contributed by atoms with E-state index in [-0.39, 0.29) is 0 Å².